The summed E-state index contributed by atoms with van der Waals surface area (Å²) in [5.74, 6) is 6.41. The van der Waals surface area contributed by atoms with E-state index < -0.39 is 6.09 Å². The van der Waals surface area contributed by atoms with E-state index >= 15 is 0 Å². The fourth-order valence-electron chi connectivity index (χ4n) is 2.88. The predicted molar refractivity (Wildman–Crippen MR) is 126 cm³/mol. The number of halogens is 2. The van der Waals surface area contributed by atoms with Gasteiger partial charge in [-0.3, -0.25) is 0 Å². The highest BCUT2D eigenvalue weighted by Gasteiger charge is 2.10. The summed E-state index contributed by atoms with van der Waals surface area (Å²) in [6.07, 6.45) is 0.320. The minimum Gasteiger partial charge on any atom is -0.487 e. The van der Waals surface area contributed by atoms with E-state index in [0.29, 0.717) is 33.4 Å². The zero-order valence-corrected chi connectivity index (χ0v) is 18.5. The Morgan fingerprint density at radius 1 is 1.21 bits per heavy atom. The number of fused-ring (bicyclic) bond motifs is 1. The van der Waals surface area contributed by atoms with Crippen LogP contribution in [0.1, 0.15) is 10.4 Å². The van der Waals surface area contributed by atoms with Crippen molar-refractivity contribution in [2.45, 2.75) is 6.61 Å². The fourth-order valence-corrected chi connectivity index (χ4v) is 4.04. The van der Waals surface area contributed by atoms with E-state index in [0.717, 1.165) is 9.58 Å². The molecule has 7 nitrogen and oxygen atoms in total. The largest absolute Gasteiger partial charge is 0.487 e. The lowest BCUT2D eigenvalue weighted by Gasteiger charge is -2.11. The molecule has 10 heteroatoms. The van der Waals surface area contributed by atoms with Crippen molar-refractivity contribution in [2.75, 3.05) is 11.9 Å². The molecule has 0 atom stereocenters. The van der Waals surface area contributed by atoms with E-state index in [2.05, 4.69) is 32.4 Å². The molecule has 1 amide bonds. The van der Waals surface area contributed by atoms with Crippen LogP contribution in [0.25, 0.3) is 10.2 Å². The molecule has 0 radical (unpaired) electrons. The van der Waals surface area contributed by atoms with Crippen molar-refractivity contribution >= 4 is 50.8 Å². The topological polar surface area (TPSA) is 96.4 Å². The van der Waals surface area contributed by atoms with Crippen molar-refractivity contribution in [3.8, 4) is 17.6 Å². The Kier molecular flexibility index (Phi) is 6.88. The Bertz CT molecular complexity index is 1380. The van der Waals surface area contributed by atoms with Crippen LogP contribution in [0, 0.1) is 17.7 Å². The number of anilines is 2. The molecular formula is C23H16ClFN4O3S. The number of benzene rings is 2. The summed E-state index contributed by atoms with van der Waals surface area (Å²) in [5, 5.41) is 14.4. The van der Waals surface area contributed by atoms with Gasteiger partial charge in [-0.15, -0.1) is 11.3 Å². The third-order valence-electron chi connectivity index (χ3n) is 4.33. The second-order valence-electron chi connectivity index (χ2n) is 6.70. The molecule has 4 aromatic rings. The van der Waals surface area contributed by atoms with Crippen molar-refractivity contribution in [3.63, 3.8) is 0 Å². The average molecular weight is 483 g/mol. The molecule has 0 fully saturated rings. The smallest absolute Gasteiger partial charge is 0.405 e. The number of rotatable bonds is 6. The van der Waals surface area contributed by atoms with E-state index in [-0.39, 0.29) is 19.0 Å². The molecule has 2 aromatic heterocycles. The maximum atomic E-state index is 13.3. The van der Waals surface area contributed by atoms with Crippen LogP contribution in [0.4, 0.5) is 20.7 Å². The number of hydrogen-bond acceptors (Lipinski definition) is 6. The van der Waals surface area contributed by atoms with Gasteiger partial charge in [-0.1, -0.05) is 35.6 Å². The molecule has 33 heavy (non-hydrogen) atoms. The van der Waals surface area contributed by atoms with Crippen LogP contribution in [0.5, 0.6) is 5.75 Å². The SMILES string of the molecule is O=C(O)NCC#Cc1cc2ncnc(Nc3ccc(OCc4cccc(F)c4)c(Cl)c3)c2s1. The van der Waals surface area contributed by atoms with Crippen LogP contribution in [0.2, 0.25) is 5.02 Å². The summed E-state index contributed by atoms with van der Waals surface area (Å²) in [4.78, 5) is 19.8. The molecule has 0 spiro atoms. The molecule has 0 saturated heterocycles. The summed E-state index contributed by atoms with van der Waals surface area (Å²) in [5.41, 5.74) is 2.12. The first-order valence-corrected chi connectivity index (χ1v) is 10.8. The minimum atomic E-state index is -1.12. The van der Waals surface area contributed by atoms with Crippen molar-refractivity contribution in [3.05, 3.63) is 76.1 Å². The summed E-state index contributed by atoms with van der Waals surface area (Å²) in [6.45, 7) is 0.226. The van der Waals surface area contributed by atoms with Gasteiger partial charge in [0.05, 0.1) is 26.7 Å². The predicted octanol–water partition coefficient (Wildman–Crippen LogP) is 5.43. The van der Waals surface area contributed by atoms with Crippen LogP contribution in [-0.4, -0.2) is 27.7 Å². The van der Waals surface area contributed by atoms with Crippen LogP contribution in [0.3, 0.4) is 0 Å². The zero-order chi connectivity index (χ0) is 23.2. The van der Waals surface area contributed by atoms with Crippen molar-refractivity contribution < 1.29 is 19.0 Å². The number of amides is 1. The lowest BCUT2D eigenvalue weighted by atomic mass is 10.2. The molecule has 0 aliphatic heterocycles. The average Bonchev–Trinajstić information content (AvgIpc) is 3.20. The van der Waals surface area contributed by atoms with Gasteiger partial charge in [0.15, 0.2) is 5.82 Å². The van der Waals surface area contributed by atoms with Crippen LogP contribution in [0.15, 0.2) is 54.9 Å². The second kappa shape index (κ2) is 10.2. The Hall–Kier alpha value is -3.87. The minimum absolute atomic E-state index is 0.0342. The molecule has 0 unspecified atom stereocenters. The number of thiophene rings is 1. The standard InChI is InChI=1S/C23H16ClFN4O3S/c24-18-10-16(6-7-20(18)32-12-14-3-1-4-15(25)9-14)29-22-21-19(27-13-28-22)11-17(33-21)5-2-8-26-23(30)31/h1,3-4,6-7,9-11,13,26H,8,12H2,(H,30,31)(H,27,28,29). The van der Waals surface area contributed by atoms with E-state index in [4.69, 9.17) is 21.4 Å². The summed E-state index contributed by atoms with van der Waals surface area (Å²) in [7, 11) is 0. The normalized spacial score (nSPS) is 10.4. The van der Waals surface area contributed by atoms with Crippen molar-refractivity contribution in [1.29, 1.82) is 0 Å². The molecule has 0 saturated carbocycles. The van der Waals surface area contributed by atoms with E-state index in [1.165, 1.54) is 29.8 Å². The monoisotopic (exact) mass is 482 g/mol. The van der Waals surface area contributed by atoms with E-state index in [1.807, 2.05) is 6.07 Å². The van der Waals surface area contributed by atoms with Crippen LogP contribution >= 0.6 is 22.9 Å². The maximum absolute atomic E-state index is 13.3. The fraction of sp³-hybridized carbons (Fsp3) is 0.0870. The highest BCUT2D eigenvalue weighted by Crippen LogP contribution is 2.33. The van der Waals surface area contributed by atoms with Crippen LogP contribution in [-0.2, 0) is 6.61 Å². The third-order valence-corrected chi connectivity index (χ3v) is 5.67. The second-order valence-corrected chi connectivity index (χ2v) is 8.16. The van der Waals surface area contributed by atoms with Crippen molar-refractivity contribution in [1.82, 2.24) is 15.3 Å². The van der Waals surface area contributed by atoms with Gasteiger partial charge >= 0.3 is 6.09 Å². The van der Waals surface area contributed by atoms with Gasteiger partial charge in [-0.25, -0.2) is 19.2 Å². The Morgan fingerprint density at radius 2 is 2.09 bits per heavy atom. The molecule has 0 aliphatic carbocycles. The number of carboxylic acid groups (broad SMARTS) is 1. The number of carbonyl (C=O) groups is 1. The zero-order valence-electron chi connectivity index (χ0n) is 16.9. The maximum Gasteiger partial charge on any atom is 0.405 e. The number of nitrogens with one attached hydrogen (secondary N) is 2. The van der Waals surface area contributed by atoms with Gasteiger partial charge < -0.3 is 20.5 Å². The van der Waals surface area contributed by atoms with Gasteiger partial charge in [0, 0.05) is 5.69 Å². The third kappa shape index (κ3) is 5.88. The van der Waals surface area contributed by atoms with Crippen molar-refractivity contribution in [2.24, 2.45) is 0 Å². The van der Waals surface area contributed by atoms with Gasteiger partial charge in [0.2, 0.25) is 0 Å². The Labute approximate surface area is 197 Å². The summed E-state index contributed by atoms with van der Waals surface area (Å²) < 4.78 is 19.8. The van der Waals surface area contributed by atoms with Gasteiger partial charge in [0.1, 0.15) is 24.5 Å². The lowest BCUT2D eigenvalue weighted by Crippen LogP contribution is -2.20. The van der Waals surface area contributed by atoms with E-state index in [9.17, 15) is 9.18 Å². The number of nitrogens with zero attached hydrogens (tertiary/aromatic N) is 2. The Balaban J connectivity index is 1.47. The number of hydrogen-bond donors (Lipinski definition) is 3. The number of aromatic nitrogens is 2. The molecule has 0 aliphatic rings. The van der Waals surface area contributed by atoms with E-state index in [1.54, 1.807) is 30.3 Å². The first kappa shape index (κ1) is 22.3. The van der Waals surface area contributed by atoms with Crippen LogP contribution < -0.4 is 15.4 Å². The highest BCUT2D eigenvalue weighted by molar-refractivity contribution is 7.20. The lowest BCUT2D eigenvalue weighted by molar-refractivity contribution is 0.196. The highest BCUT2D eigenvalue weighted by atomic mass is 35.5. The Morgan fingerprint density at radius 3 is 2.88 bits per heavy atom. The molecule has 166 valence electrons. The molecule has 3 N–H and O–H groups in total. The summed E-state index contributed by atoms with van der Waals surface area (Å²) >= 11 is 7.77. The van der Waals surface area contributed by atoms with Gasteiger partial charge in [0.25, 0.3) is 0 Å². The molecule has 2 heterocycles. The number of ether oxygens (including phenoxy) is 1. The first-order valence-electron chi connectivity index (χ1n) is 9.62. The summed E-state index contributed by atoms with van der Waals surface area (Å²) in [6, 6.07) is 13.2. The molecule has 2 aromatic carbocycles. The van der Waals surface area contributed by atoms with Gasteiger partial charge in [-0.2, -0.15) is 0 Å². The molecule has 0 bridgehead atoms. The first-order chi connectivity index (χ1) is 16.0. The quantitative estimate of drug-likeness (QED) is 0.317. The van der Waals surface area contributed by atoms with Gasteiger partial charge in [-0.05, 0) is 42.0 Å². The molecular weight excluding hydrogens is 467 g/mol. The molecule has 4 rings (SSSR count).